The maximum atomic E-state index is 2.60. The molecule has 54 heavy (non-hydrogen) atoms. The van der Waals surface area contributed by atoms with Crippen LogP contribution in [0.2, 0.25) is 0 Å². The summed E-state index contributed by atoms with van der Waals surface area (Å²) in [5, 5.41) is 2.61. The van der Waals surface area contributed by atoms with E-state index < -0.39 is 5.41 Å². The number of rotatable bonds is 3. The molecule has 3 aliphatic carbocycles. The van der Waals surface area contributed by atoms with E-state index in [1.165, 1.54) is 104 Å². The Morgan fingerprint density at radius 1 is 0.407 bits per heavy atom. The fourth-order valence-electron chi connectivity index (χ4n) is 10.5. The Labute approximate surface area is 319 Å². The highest BCUT2D eigenvalue weighted by molar-refractivity contribution is 7.26. The summed E-state index contributed by atoms with van der Waals surface area (Å²) in [6, 6.07) is 66.4. The Morgan fingerprint density at radius 2 is 0.907 bits per heavy atom. The second-order valence-corrected chi connectivity index (χ2v) is 16.6. The minimum Gasteiger partial charge on any atom is -0.309 e. The average Bonchev–Trinajstić information content (AvgIpc) is 3.91. The van der Waals surface area contributed by atoms with Crippen molar-refractivity contribution in [3.8, 4) is 33.4 Å². The smallest absolute Gasteiger partial charge is 0.0746 e. The molecule has 1 heterocycles. The molecule has 0 fully saturated rings. The topological polar surface area (TPSA) is 3.24 Å². The molecule has 1 nitrogen and oxygen atoms in total. The molecule has 0 radical (unpaired) electrons. The molecular formula is C52H35NS. The molecule has 12 rings (SSSR count). The molecule has 2 heteroatoms. The maximum absolute atomic E-state index is 2.60. The molecule has 0 saturated carbocycles. The summed E-state index contributed by atoms with van der Waals surface area (Å²) in [5.74, 6) is 0. The van der Waals surface area contributed by atoms with Crippen LogP contribution in [0.15, 0.2) is 176 Å². The van der Waals surface area contributed by atoms with Crippen molar-refractivity contribution in [2.24, 2.45) is 0 Å². The van der Waals surface area contributed by atoms with Crippen LogP contribution in [0.3, 0.4) is 0 Å². The fraction of sp³-hybridized carbons (Fsp3) is 0.0769. The highest BCUT2D eigenvalue weighted by Crippen LogP contribution is 2.65. The van der Waals surface area contributed by atoms with Gasteiger partial charge < -0.3 is 4.90 Å². The Balaban J connectivity index is 1.22. The van der Waals surface area contributed by atoms with E-state index in [4.69, 9.17) is 0 Å². The lowest BCUT2D eigenvalue weighted by Gasteiger charge is -2.36. The third-order valence-corrected chi connectivity index (χ3v) is 13.9. The number of thiophene rings is 1. The van der Waals surface area contributed by atoms with E-state index in [1.54, 1.807) is 0 Å². The van der Waals surface area contributed by atoms with Gasteiger partial charge in [-0.3, -0.25) is 0 Å². The summed E-state index contributed by atoms with van der Waals surface area (Å²) in [6.07, 6.45) is 0. The number of nitrogens with zero attached hydrogens (tertiary/aromatic N) is 1. The van der Waals surface area contributed by atoms with Crippen molar-refractivity contribution in [2.45, 2.75) is 24.7 Å². The predicted octanol–water partition coefficient (Wildman–Crippen LogP) is 14.2. The molecule has 9 aromatic rings. The fourth-order valence-corrected chi connectivity index (χ4v) is 11.7. The SMILES string of the molecule is CC1(C)c2ccccc2-c2ccc(N(c3cccc4c3C3(c5ccccc5-c5ccccc53)c3ccccc3-4)c3cccc4c3sc3ccccc34)cc21. The summed E-state index contributed by atoms with van der Waals surface area (Å²) < 4.78 is 2.61. The van der Waals surface area contributed by atoms with Crippen LogP contribution in [0.5, 0.6) is 0 Å². The minimum atomic E-state index is -0.478. The van der Waals surface area contributed by atoms with E-state index >= 15 is 0 Å². The first-order valence-corrected chi connectivity index (χ1v) is 19.8. The van der Waals surface area contributed by atoms with Crippen LogP contribution in [0.1, 0.15) is 47.2 Å². The van der Waals surface area contributed by atoms with Gasteiger partial charge in [0.25, 0.3) is 0 Å². The largest absolute Gasteiger partial charge is 0.309 e. The van der Waals surface area contributed by atoms with E-state index in [2.05, 4.69) is 195 Å². The number of hydrogen-bond acceptors (Lipinski definition) is 2. The number of benzene rings is 8. The van der Waals surface area contributed by atoms with Crippen molar-refractivity contribution < 1.29 is 0 Å². The van der Waals surface area contributed by atoms with Crippen molar-refractivity contribution in [2.75, 3.05) is 4.90 Å². The molecule has 1 aromatic heterocycles. The van der Waals surface area contributed by atoms with Gasteiger partial charge in [-0.2, -0.15) is 0 Å². The van der Waals surface area contributed by atoms with Gasteiger partial charge in [0, 0.05) is 32.1 Å². The summed E-state index contributed by atoms with van der Waals surface area (Å²) in [6.45, 7) is 4.77. The van der Waals surface area contributed by atoms with Crippen LogP contribution in [-0.4, -0.2) is 0 Å². The molecule has 254 valence electrons. The first kappa shape index (κ1) is 30.3. The standard InChI is InChI=1S/C52H35NS/c1-51(2)41-22-8-3-15-33(41)37-30-29-32(31-45(37)51)53(47-27-14-21-40-38-19-7-12-28-48(38)54-50(40)47)46-26-13-20-39-36-18-6-11-25-44(36)52(49(39)46)42-23-9-4-16-34(42)35-17-5-10-24-43(35)52/h3-31H,1-2H3. The van der Waals surface area contributed by atoms with Crippen LogP contribution in [-0.2, 0) is 10.8 Å². The maximum Gasteiger partial charge on any atom is 0.0746 e. The van der Waals surface area contributed by atoms with E-state index in [1.807, 2.05) is 11.3 Å². The monoisotopic (exact) mass is 705 g/mol. The van der Waals surface area contributed by atoms with Crippen molar-refractivity contribution >= 4 is 48.6 Å². The lowest BCUT2D eigenvalue weighted by atomic mass is 9.70. The van der Waals surface area contributed by atoms with Crippen molar-refractivity contribution in [1.29, 1.82) is 0 Å². The molecule has 0 atom stereocenters. The summed E-state index contributed by atoms with van der Waals surface area (Å²) in [5.41, 5.74) is 19.1. The normalized spacial score (nSPS) is 14.8. The van der Waals surface area contributed by atoms with E-state index in [9.17, 15) is 0 Å². The van der Waals surface area contributed by atoms with Gasteiger partial charge in [-0.15, -0.1) is 11.3 Å². The van der Waals surface area contributed by atoms with Gasteiger partial charge in [0.2, 0.25) is 0 Å². The van der Waals surface area contributed by atoms with Crippen molar-refractivity contribution in [3.05, 3.63) is 209 Å². The summed E-state index contributed by atoms with van der Waals surface area (Å²) in [4.78, 5) is 2.60. The highest BCUT2D eigenvalue weighted by atomic mass is 32.1. The van der Waals surface area contributed by atoms with Crippen molar-refractivity contribution in [3.63, 3.8) is 0 Å². The molecule has 0 amide bonds. The van der Waals surface area contributed by atoms with Crippen LogP contribution in [0.4, 0.5) is 17.1 Å². The minimum absolute atomic E-state index is 0.128. The number of hydrogen-bond donors (Lipinski definition) is 0. The highest BCUT2D eigenvalue weighted by Gasteiger charge is 2.53. The van der Waals surface area contributed by atoms with Gasteiger partial charge in [0.05, 0.1) is 21.5 Å². The third-order valence-electron chi connectivity index (χ3n) is 12.7. The van der Waals surface area contributed by atoms with E-state index in [0.29, 0.717) is 0 Å². The Kier molecular flexibility index (Phi) is 5.99. The Bertz CT molecular complexity index is 2990. The molecule has 0 saturated heterocycles. The molecular weight excluding hydrogens is 671 g/mol. The number of anilines is 3. The Hall–Kier alpha value is -6.22. The summed E-state index contributed by atoms with van der Waals surface area (Å²) in [7, 11) is 0. The second-order valence-electron chi connectivity index (χ2n) is 15.6. The van der Waals surface area contributed by atoms with Gasteiger partial charge in [0.15, 0.2) is 0 Å². The third kappa shape index (κ3) is 3.69. The second kappa shape index (κ2) is 10.7. The van der Waals surface area contributed by atoms with Gasteiger partial charge in [-0.25, -0.2) is 0 Å². The van der Waals surface area contributed by atoms with Crippen LogP contribution >= 0.6 is 11.3 Å². The zero-order chi connectivity index (χ0) is 35.8. The molecule has 0 N–H and O–H groups in total. The molecule has 0 bridgehead atoms. The van der Waals surface area contributed by atoms with Gasteiger partial charge in [-0.1, -0.05) is 159 Å². The molecule has 8 aromatic carbocycles. The lowest BCUT2D eigenvalue weighted by Crippen LogP contribution is -2.28. The molecule has 3 aliphatic rings. The van der Waals surface area contributed by atoms with Gasteiger partial charge >= 0.3 is 0 Å². The zero-order valence-electron chi connectivity index (χ0n) is 30.1. The van der Waals surface area contributed by atoms with Crippen molar-refractivity contribution in [1.82, 2.24) is 0 Å². The molecule has 0 aliphatic heterocycles. The van der Waals surface area contributed by atoms with Crippen LogP contribution in [0.25, 0.3) is 53.6 Å². The van der Waals surface area contributed by atoms with Crippen LogP contribution in [0, 0.1) is 0 Å². The number of fused-ring (bicyclic) bond motifs is 16. The zero-order valence-corrected chi connectivity index (χ0v) is 30.9. The molecule has 0 unspecified atom stereocenters. The van der Waals surface area contributed by atoms with E-state index in [0.717, 1.165) is 0 Å². The molecule has 1 spiro atoms. The average molecular weight is 706 g/mol. The van der Waals surface area contributed by atoms with E-state index in [-0.39, 0.29) is 5.41 Å². The quantitative estimate of drug-likeness (QED) is 0.177. The van der Waals surface area contributed by atoms with Gasteiger partial charge in [0.1, 0.15) is 0 Å². The summed E-state index contributed by atoms with van der Waals surface area (Å²) >= 11 is 1.90. The first-order chi connectivity index (χ1) is 26.6. The van der Waals surface area contributed by atoms with Crippen LogP contribution < -0.4 is 4.90 Å². The predicted molar refractivity (Wildman–Crippen MR) is 228 cm³/mol. The lowest BCUT2D eigenvalue weighted by molar-refractivity contribution is 0.660. The Morgan fingerprint density at radius 3 is 1.61 bits per heavy atom. The first-order valence-electron chi connectivity index (χ1n) is 18.9. The van der Waals surface area contributed by atoms with Gasteiger partial charge in [-0.05, 0) is 91.5 Å².